The molecule has 0 saturated carbocycles. The molecule has 1 nitrogen and oxygen atoms in total. The summed E-state index contributed by atoms with van der Waals surface area (Å²) >= 11 is 1.65. The molecular formula is C20H21NS. The van der Waals surface area contributed by atoms with Crippen molar-refractivity contribution < 1.29 is 0 Å². The van der Waals surface area contributed by atoms with E-state index in [0.29, 0.717) is 5.57 Å². The van der Waals surface area contributed by atoms with Crippen molar-refractivity contribution in [1.29, 1.82) is 5.26 Å². The van der Waals surface area contributed by atoms with Crippen molar-refractivity contribution >= 4 is 17.3 Å². The zero-order chi connectivity index (χ0) is 16.2. The van der Waals surface area contributed by atoms with Gasteiger partial charge in [-0.1, -0.05) is 43.5 Å². The largest absolute Gasteiger partial charge is 0.193 e. The van der Waals surface area contributed by atoms with Gasteiger partial charge in [0.2, 0.25) is 0 Å². The molecule has 1 aromatic carbocycles. The lowest BCUT2D eigenvalue weighted by Gasteiger charge is -2.22. The minimum atomic E-state index is -0.290. The fraction of sp³-hybridized carbons (Fsp3) is 0.250. The number of hydrogen-bond acceptors (Lipinski definition) is 2. The molecule has 22 heavy (non-hydrogen) atoms. The maximum absolute atomic E-state index is 9.02. The van der Waals surface area contributed by atoms with Gasteiger partial charge in [-0.05, 0) is 55.5 Å². The second-order valence-electron chi connectivity index (χ2n) is 5.84. The van der Waals surface area contributed by atoms with Gasteiger partial charge in [0, 0.05) is 15.2 Å². The van der Waals surface area contributed by atoms with Crippen LogP contribution in [0.1, 0.15) is 32.3 Å². The fourth-order valence-corrected chi connectivity index (χ4v) is 3.25. The molecule has 0 bridgehead atoms. The number of nitriles is 1. The van der Waals surface area contributed by atoms with Gasteiger partial charge in [0.15, 0.2) is 0 Å². The summed E-state index contributed by atoms with van der Waals surface area (Å²) in [6.45, 7) is 12.1. The number of allylic oxidation sites excluding steroid dienone is 5. The Hall–Kier alpha value is -1.98. The van der Waals surface area contributed by atoms with E-state index >= 15 is 0 Å². The van der Waals surface area contributed by atoms with Crippen molar-refractivity contribution in [3.63, 3.8) is 0 Å². The first-order valence-electron chi connectivity index (χ1n) is 7.39. The summed E-state index contributed by atoms with van der Waals surface area (Å²) in [6.07, 6.45) is 8.79. The Balaban J connectivity index is 2.12. The Morgan fingerprint density at radius 2 is 1.86 bits per heavy atom. The first-order valence-corrected chi connectivity index (χ1v) is 8.20. The number of rotatable bonds is 5. The van der Waals surface area contributed by atoms with Crippen LogP contribution in [0.25, 0.3) is 5.57 Å². The molecule has 0 atom stereocenters. The zero-order valence-electron chi connectivity index (χ0n) is 13.2. The Morgan fingerprint density at radius 3 is 2.41 bits per heavy atom. The lowest BCUT2D eigenvalue weighted by Crippen LogP contribution is -2.16. The van der Waals surface area contributed by atoms with Crippen LogP contribution in [-0.4, -0.2) is 4.75 Å². The Kier molecular flexibility index (Phi) is 5.11. The summed E-state index contributed by atoms with van der Waals surface area (Å²) < 4.78 is -0.290. The van der Waals surface area contributed by atoms with Crippen LogP contribution < -0.4 is 0 Å². The highest BCUT2D eigenvalue weighted by Gasteiger charge is 2.23. The fourth-order valence-electron chi connectivity index (χ4n) is 2.22. The smallest absolute Gasteiger partial charge is 0.0955 e. The van der Waals surface area contributed by atoms with Crippen LogP contribution >= 0.6 is 11.8 Å². The maximum atomic E-state index is 9.02. The standard InChI is InChI=1S/C20H21NS/c1-15(14-21)20(3,4)22-19-12-10-18(11-13-19)16(2)17-8-6-5-7-9-17/h6,8-13H,1-2,5,7H2,3-4H3. The molecule has 0 amide bonds. The molecule has 2 heteroatoms. The summed E-state index contributed by atoms with van der Waals surface area (Å²) in [4.78, 5) is 1.13. The molecule has 112 valence electrons. The van der Waals surface area contributed by atoms with E-state index in [1.807, 2.05) is 13.8 Å². The second-order valence-corrected chi connectivity index (χ2v) is 7.54. The molecular weight excluding hydrogens is 286 g/mol. The molecule has 1 aliphatic rings. The third kappa shape index (κ3) is 3.81. The predicted octanol–water partition coefficient (Wildman–Crippen LogP) is 5.93. The molecule has 0 spiro atoms. The summed E-state index contributed by atoms with van der Waals surface area (Å²) in [5.74, 6) is 0. The van der Waals surface area contributed by atoms with Gasteiger partial charge in [0.1, 0.15) is 0 Å². The molecule has 0 heterocycles. The number of hydrogen-bond donors (Lipinski definition) is 0. The van der Waals surface area contributed by atoms with E-state index < -0.39 is 0 Å². The van der Waals surface area contributed by atoms with E-state index in [0.717, 1.165) is 28.9 Å². The van der Waals surface area contributed by atoms with Crippen LogP contribution in [0, 0.1) is 11.3 Å². The molecule has 0 N–H and O–H groups in total. The quantitative estimate of drug-likeness (QED) is 0.497. The predicted molar refractivity (Wildman–Crippen MR) is 96.6 cm³/mol. The van der Waals surface area contributed by atoms with Gasteiger partial charge in [-0.15, -0.1) is 11.8 Å². The highest BCUT2D eigenvalue weighted by molar-refractivity contribution is 8.00. The number of nitrogens with zero attached hydrogens (tertiary/aromatic N) is 1. The van der Waals surface area contributed by atoms with Gasteiger partial charge in [0.25, 0.3) is 0 Å². The molecule has 0 unspecified atom stereocenters. The van der Waals surface area contributed by atoms with Gasteiger partial charge in [-0.25, -0.2) is 0 Å². The van der Waals surface area contributed by atoms with Crippen molar-refractivity contribution in [3.8, 4) is 6.07 Å². The van der Waals surface area contributed by atoms with E-state index in [4.69, 9.17) is 5.26 Å². The van der Waals surface area contributed by atoms with Gasteiger partial charge in [-0.3, -0.25) is 0 Å². The normalized spacial score (nSPS) is 14.1. The topological polar surface area (TPSA) is 23.8 Å². The average Bonchev–Trinajstić information content (AvgIpc) is 2.54. The molecule has 0 aliphatic heterocycles. The van der Waals surface area contributed by atoms with Crippen molar-refractivity contribution in [1.82, 2.24) is 0 Å². The van der Waals surface area contributed by atoms with Crippen molar-refractivity contribution in [2.24, 2.45) is 0 Å². The minimum Gasteiger partial charge on any atom is -0.193 e. The molecule has 1 aliphatic carbocycles. The lowest BCUT2D eigenvalue weighted by molar-refractivity contribution is 0.863. The zero-order valence-corrected chi connectivity index (χ0v) is 14.0. The van der Waals surface area contributed by atoms with Crippen LogP contribution in [0.2, 0.25) is 0 Å². The third-order valence-electron chi connectivity index (χ3n) is 3.78. The molecule has 1 aromatic rings. The van der Waals surface area contributed by atoms with Gasteiger partial charge in [0.05, 0.1) is 6.07 Å². The monoisotopic (exact) mass is 307 g/mol. The molecule has 0 aromatic heterocycles. The second kappa shape index (κ2) is 6.85. The first-order chi connectivity index (χ1) is 10.4. The highest BCUT2D eigenvalue weighted by atomic mass is 32.2. The minimum absolute atomic E-state index is 0.290. The SMILES string of the molecule is C=C(C1=CCCC=C1)c1ccc(SC(C)(C)C(=C)C#N)cc1. The Morgan fingerprint density at radius 1 is 1.18 bits per heavy atom. The summed E-state index contributed by atoms with van der Waals surface area (Å²) in [7, 11) is 0. The molecule has 2 rings (SSSR count). The first kappa shape index (κ1) is 16.4. The average molecular weight is 307 g/mol. The maximum Gasteiger partial charge on any atom is 0.0955 e. The van der Waals surface area contributed by atoms with Gasteiger partial charge >= 0.3 is 0 Å². The Bertz CT molecular complexity index is 681. The lowest BCUT2D eigenvalue weighted by atomic mass is 9.95. The summed E-state index contributed by atoms with van der Waals surface area (Å²) in [6, 6.07) is 10.5. The van der Waals surface area contributed by atoms with Crippen LogP contribution in [0.3, 0.4) is 0 Å². The van der Waals surface area contributed by atoms with Crippen LogP contribution in [0.5, 0.6) is 0 Å². The molecule has 0 fully saturated rings. The summed E-state index contributed by atoms with van der Waals surface area (Å²) in [5, 5.41) is 9.02. The molecule has 0 radical (unpaired) electrons. The molecule has 0 saturated heterocycles. The van der Waals surface area contributed by atoms with E-state index in [1.165, 1.54) is 5.57 Å². The van der Waals surface area contributed by atoms with Crippen LogP contribution in [0.15, 0.2) is 71.7 Å². The van der Waals surface area contributed by atoms with E-state index in [1.54, 1.807) is 11.8 Å². The Labute approximate surface area is 137 Å². The highest BCUT2D eigenvalue weighted by Crippen LogP contribution is 2.37. The summed E-state index contributed by atoms with van der Waals surface area (Å²) in [5.41, 5.74) is 4.00. The third-order valence-corrected chi connectivity index (χ3v) is 5.05. The van der Waals surface area contributed by atoms with Crippen LogP contribution in [-0.2, 0) is 0 Å². The number of benzene rings is 1. The van der Waals surface area contributed by atoms with Crippen molar-refractivity contribution in [2.45, 2.75) is 36.3 Å². The van der Waals surface area contributed by atoms with Crippen molar-refractivity contribution in [2.75, 3.05) is 0 Å². The van der Waals surface area contributed by atoms with Gasteiger partial charge in [-0.2, -0.15) is 5.26 Å². The van der Waals surface area contributed by atoms with Gasteiger partial charge < -0.3 is 0 Å². The van der Waals surface area contributed by atoms with Crippen LogP contribution in [0.4, 0.5) is 0 Å². The van der Waals surface area contributed by atoms with E-state index in [-0.39, 0.29) is 4.75 Å². The van der Waals surface area contributed by atoms with E-state index in [9.17, 15) is 0 Å². The van der Waals surface area contributed by atoms with Crippen molar-refractivity contribution in [3.05, 3.63) is 72.4 Å². The van der Waals surface area contributed by atoms with E-state index in [2.05, 4.69) is 61.7 Å². The number of thioether (sulfide) groups is 1.